The fraction of sp³-hybridized carbons (Fsp3) is 0.462. The fourth-order valence-corrected chi connectivity index (χ4v) is 2.89. The van der Waals surface area contributed by atoms with Crippen LogP contribution in [0.3, 0.4) is 0 Å². The SMILES string of the molecule is Cc1cc(C)n(C(=O)C2C3C=CC(O3)C2C(=O)O)n1. The van der Waals surface area contributed by atoms with Crippen molar-refractivity contribution in [2.24, 2.45) is 11.8 Å². The van der Waals surface area contributed by atoms with E-state index >= 15 is 0 Å². The summed E-state index contributed by atoms with van der Waals surface area (Å²) in [6.07, 6.45) is 2.52. The van der Waals surface area contributed by atoms with E-state index in [9.17, 15) is 14.7 Å². The number of ether oxygens (including phenoxy) is 1. The Morgan fingerprint density at radius 2 is 1.89 bits per heavy atom. The third-order valence-corrected chi connectivity index (χ3v) is 3.69. The number of carbonyl (C=O) groups excluding carboxylic acids is 1. The lowest BCUT2D eigenvalue weighted by atomic mass is 9.82. The maximum atomic E-state index is 12.5. The topological polar surface area (TPSA) is 81.4 Å². The highest BCUT2D eigenvalue weighted by atomic mass is 16.5. The van der Waals surface area contributed by atoms with Crippen LogP contribution in [0, 0.1) is 25.7 Å². The zero-order chi connectivity index (χ0) is 13.7. The Kier molecular flexibility index (Phi) is 2.56. The number of nitrogens with zero attached hydrogens (tertiary/aromatic N) is 2. The molecule has 1 aromatic heterocycles. The van der Waals surface area contributed by atoms with Crippen molar-refractivity contribution in [1.82, 2.24) is 9.78 Å². The van der Waals surface area contributed by atoms with Crippen molar-refractivity contribution in [3.8, 4) is 0 Å². The fourth-order valence-electron chi connectivity index (χ4n) is 2.89. The number of rotatable bonds is 2. The molecule has 1 fully saturated rings. The first-order chi connectivity index (χ1) is 8.99. The quantitative estimate of drug-likeness (QED) is 0.797. The predicted octanol–water partition coefficient (Wildman–Crippen LogP) is 0.794. The van der Waals surface area contributed by atoms with Crippen molar-refractivity contribution >= 4 is 11.9 Å². The van der Waals surface area contributed by atoms with Crippen LogP contribution in [0.2, 0.25) is 0 Å². The molecule has 6 heteroatoms. The maximum Gasteiger partial charge on any atom is 0.310 e. The largest absolute Gasteiger partial charge is 0.481 e. The molecule has 0 saturated carbocycles. The molecule has 19 heavy (non-hydrogen) atoms. The summed E-state index contributed by atoms with van der Waals surface area (Å²) in [7, 11) is 0. The molecule has 2 bridgehead atoms. The van der Waals surface area contributed by atoms with Gasteiger partial charge in [-0.1, -0.05) is 12.2 Å². The number of carboxylic acids is 1. The van der Waals surface area contributed by atoms with Crippen molar-refractivity contribution in [3.63, 3.8) is 0 Å². The molecule has 3 rings (SSSR count). The molecule has 0 amide bonds. The Bertz CT molecular complexity index is 589. The van der Waals surface area contributed by atoms with Crippen molar-refractivity contribution < 1.29 is 19.4 Å². The minimum Gasteiger partial charge on any atom is -0.481 e. The first-order valence-corrected chi connectivity index (χ1v) is 6.13. The molecular formula is C13H14N2O4. The lowest BCUT2D eigenvalue weighted by Crippen LogP contribution is -2.39. The molecule has 2 aliphatic heterocycles. The molecule has 4 atom stereocenters. The third kappa shape index (κ3) is 1.71. The van der Waals surface area contributed by atoms with Gasteiger partial charge in [-0.15, -0.1) is 0 Å². The van der Waals surface area contributed by atoms with E-state index in [-0.39, 0.29) is 5.91 Å². The molecule has 0 spiro atoms. The van der Waals surface area contributed by atoms with Gasteiger partial charge in [-0.05, 0) is 19.9 Å². The van der Waals surface area contributed by atoms with E-state index < -0.39 is 30.0 Å². The van der Waals surface area contributed by atoms with Gasteiger partial charge in [0.1, 0.15) is 5.92 Å². The summed E-state index contributed by atoms with van der Waals surface area (Å²) in [5, 5.41) is 13.4. The standard InChI is InChI=1S/C13H14N2O4/c1-6-5-7(2)15(14-6)12(16)10-8-3-4-9(19-8)11(10)13(17)18/h3-5,8-11H,1-2H3,(H,17,18). The van der Waals surface area contributed by atoms with Crippen LogP contribution < -0.4 is 0 Å². The second kappa shape index (κ2) is 4.03. The van der Waals surface area contributed by atoms with Crippen LogP contribution in [0.15, 0.2) is 18.2 Å². The van der Waals surface area contributed by atoms with E-state index in [1.54, 1.807) is 32.1 Å². The maximum absolute atomic E-state index is 12.5. The van der Waals surface area contributed by atoms with Crippen LogP contribution in [0.1, 0.15) is 16.2 Å². The van der Waals surface area contributed by atoms with Crippen LogP contribution in [-0.4, -0.2) is 39.0 Å². The van der Waals surface area contributed by atoms with Gasteiger partial charge in [0.15, 0.2) is 0 Å². The first-order valence-electron chi connectivity index (χ1n) is 6.13. The van der Waals surface area contributed by atoms with Gasteiger partial charge in [0, 0.05) is 5.69 Å². The van der Waals surface area contributed by atoms with Gasteiger partial charge in [0.25, 0.3) is 5.91 Å². The highest BCUT2D eigenvalue weighted by Gasteiger charge is 2.53. The highest BCUT2D eigenvalue weighted by molar-refractivity contribution is 5.88. The average Bonchev–Trinajstić information content (AvgIpc) is 3.01. The number of hydrogen-bond acceptors (Lipinski definition) is 4. The Morgan fingerprint density at radius 3 is 2.42 bits per heavy atom. The van der Waals surface area contributed by atoms with E-state index in [0.29, 0.717) is 5.69 Å². The molecule has 1 N–H and O–H groups in total. The number of aliphatic carboxylic acids is 1. The van der Waals surface area contributed by atoms with Crippen LogP contribution in [-0.2, 0) is 9.53 Å². The summed E-state index contributed by atoms with van der Waals surface area (Å²) in [5.41, 5.74) is 1.44. The number of carbonyl (C=O) groups is 2. The molecule has 0 radical (unpaired) electrons. The van der Waals surface area contributed by atoms with Crippen LogP contribution >= 0.6 is 0 Å². The van der Waals surface area contributed by atoms with Gasteiger partial charge in [0.05, 0.1) is 23.8 Å². The molecule has 0 aliphatic carbocycles. The van der Waals surface area contributed by atoms with Gasteiger partial charge in [-0.25, -0.2) is 4.68 Å². The first kappa shape index (κ1) is 12.1. The summed E-state index contributed by atoms with van der Waals surface area (Å²) in [5.74, 6) is -2.84. The van der Waals surface area contributed by atoms with Crippen molar-refractivity contribution in [2.45, 2.75) is 26.1 Å². The summed E-state index contributed by atoms with van der Waals surface area (Å²) < 4.78 is 6.78. The third-order valence-electron chi connectivity index (χ3n) is 3.69. The van der Waals surface area contributed by atoms with Gasteiger partial charge in [0.2, 0.25) is 0 Å². The Labute approximate surface area is 109 Å². The monoisotopic (exact) mass is 262 g/mol. The number of hydrogen-bond donors (Lipinski definition) is 1. The lowest BCUT2D eigenvalue weighted by molar-refractivity contribution is -0.143. The average molecular weight is 262 g/mol. The van der Waals surface area contributed by atoms with Crippen LogP contribution in [0.5, 0.6) is 0 Å². The summed E-state index contributed by atoms with van der Waals surface area (Å²) >= 11 is 0. The molecule has 3 heterocycles. The van der Waals surface area contributed by atoms with E-state index in [4.69, 9.17) is 4.74 Å². The summed E-state index contributed by atoms with van der Waals surface area (Å²) in [6.45, 7) is 3.57. The van der Waals surface area contributed by atoms with Gasteiger partial charge in [-0.3, -0.25) is 9.59 Å². The predicted molar refractivity (Wildman–Crippen MR) is 64.7 cm³/mol. The Hall–Kier alpha value is -1.95. The number of fused-ring (bicyclic) bond motifs is 2. The molecule has 1 aromatic rings. The van der Waals surface area contributed by atoms with Crippen molar-refractivity contribution in [3.05, 3.63) is 29.6 Å². The number of aryl methyl sites for hydroxylation is 2. The Balaban J connectivity index is 1.97. The molecule has 4 unspecified atom stereocenters. The van der Waals surface area contributed by atoms with E-state index in [2.05, 4.69) is 5.10 Å². The zero-order valence-corrected chi connectivity index (χ0v) is 10.6. The van der Waals surface area contributed by atoms with Crippen LogP contribution in [0.25, 0.3) is 0 Å². The van der Waals surface area contributed by atoms with Gasteiger partial charge < -0.3 is 9.84 Å². The highest BCUT2D eigenvalue weighted by Crippen LogP contribution is 2.40. The molecule has 0 aromatic carbocycles. The van der Waals surface area contributed by atoms with Gasteiger partial charge in [-0.2, -0.15) is 5.10 Å². The van der Waals surface area contributed by atoms with Crippen molar-refractivity contribution in [1.29, 1.82) is 0 Å². The van der Waals surface area contributed by atoms with Gasteiger partial charge >= 0.3 is 5.97 Å². The molecule has 6 nitrogen and oxygen atoms in total. The number of carboxylic acid groups (broad SMARTS) is 1. The number of aromatic nitrogens is 2. The lowest BCUT2D eigenvalue weighted by Gasteiger charge is -2.20. The summed E-state index contributed by atoms with van der Waals surface area (Å²) in [4.78, 5) is 23.8. The zero-order valence-electron chi connectivity index (χ0n) is 10.6. The second-order valence-corrected chi connectivity index (χ2v) is 5.02. The molecule has 100 valence electrons. The second-order valence-electron chi connectivity index (χ2n) is 5.02. The van der Waals surface area contributed by atoms with E-state index in [0.717, 1.165) is 5.69 Å². The minimum absolute atomic E-state index is 0.310. The Morgan fingerprint density at radius 1 is 1.26 bits per heavy atom. The van der Waals surface area contributed by atoms with E-state index in [1.165, 1.54) is 4.68 Å². The molecular weight excluding hydrogens is 248 g/mol. The normalized spacial score (nSPS) is 31.9. The minimum atomic E-state index is -1.00. The van der Waals surface area contributed by atoms with Crippen LogP contribution in [0.4, 0.5) is 0 Å². The molecule has 1 saturated heterocycles. The van der Waals surface area contributed by atoms with E-state index in [1.807, 2.05) is 0 Å². The van der Waals surface area contributed by atoms with Crippen molar-refractivity contribution in [2.75, 3.05) is 0 Å². The smallest absolute Gasteiger partial charge is 0.310 e. The summed E-state index contributed by atoms with van der Waals surface area (Å²) in [6, 6.07) is 1.79. The molecule has 2 aliphatic rings.